The van der Waals surface area contributed by atoms with E-state index in [4.69, 9.17) is 27.7 Å². The number of halogens is 2. The molecule has 146 valence electrons. The highest BCUT2D eigenvalue weighted by molar-refractivity contribution is 7.92. The quantitative estimate of drug-likeness (QED) is 0.578. The summed E-state index contributed by atoms with van der Waals surface area (Å²) < 4.78 is 32.5. The second-order valence-electron chi connectivity index (χ2n) is 5.83. The molecule has 28 heavy (non-hydrogen) atoms. The lowest BCUT2D eigenvalue weighted by Gasteiger charge is -2.12. The summed E-state index contributed by atoms with van der Waals surface area (Å²) in [5.41, 5.74) is 1.20. The zero-order valence-electron chi connectivity index (χ0n) is 14.7. The van der Waals surface area contributed by atoms with Crippen molar-refractivity contribution in [2.75, 3.05) is 10.0 Å². The van der Waals surface area contributed by atoms with Crippen LogP contribution in [-0.2, 0) is 10.0 Å². The predicted molar refractivity (Wildman–Crippen MR) is 105 cm³/mol. The van der Waals surface area contributed by atoms with Gasteiger partial charge in [0.25, 0.3) is 15.9 Å². The molecule has 3 aromatic rings. The van der Waals surface area contributed by atoms with Gasteiger partial charge in [-0.2, -0.15) is 0 Å². The molecule has 0 aliphatic heterocycles. The van der Waals surface area contributed by atoms with E-state index in [1.807, 2.05) is 0 Å². The summed E-state index contributed by atoms with van der Waals surface area (Å²) in [4.78, 5) is 16.0. The van der Waals surface area contributed by atoms with E-state index in [9.17, 15) is 13.2 Å². The highest BCUT2D eigenvalue weighted by Crippen LogP contribution is 2.28. The van der Waals surface area contributed by atoms with Gasteiger partial charge in [0.2, 0.25) is 0 Å². The van der Waals surface area contributed by atoms with Gasteiger partial charge in [-0.1, -0.05) is 28.4 Å². The van der Waals surface area contributed by atoms with Gasteiger partial charge in [0.05, 0.1) is 16.9 Å². The fourth-order valence-electron chi connectivity index (χ4n) is 2.28. The van der Waals surface area contributed by atoms with Crippen molar-refractivity contribution in [3.05, 3.63) is 63.7 Å². The Labute approximate surface area is 170 Å². The minimum atomic E-state index is -3.96. The van der Waals surface area contributed by atoms with Crippen molar-refractivity contribution in [2.24, 2.45) is 0 Å². The average molecular weight is 441 g/mol. The highest BCUT2D eigenvalue weighted by Gasteiger charge is 2.19. The lowest BCUT2D eigenvalue weighted by molar-refractivity contribution is 0.102. The van der Waals surface area contributed by atoms with Gasteiger partial charge in [-0.25, -0.2) is 13.4 Å². The third-order valence-electron chi connectivity index (χ3n) is 3.76. The molecule has 2 N–H and O–H groups in total. The largest absolute Gasteiger partial charge is 0.361 e. The number of carbonyl (C=O) groups is 1. The molecule has 2 aromatic heterocycles. The van der Waals surface area contributed by atoms with Crippen LogP contribution in [0, 0.1) is 13.8 Å². The zero-order chi connectivity index (χ0) is 20.5. The van der Waals surface area contributed by atoms with Crippen LogP contribution in [0.4, 0.5) is 11.4 Å². The Morgan fingerprint density at radius 3 is 2.54 bits per heavy atom. The third kappa shape index (κ3) is 4.27. The van der Waals surface area contributed by atoms with Crippen molar-refractivity contribution >= 4 is 50.5 Å². The van der Waals surface area contributed by atoms with E-state index in [0.29, 0.717) is 17.0 Å². The Balaban J connectivity index is 1.86. The number of pyridine rings is 1. The number of nitrogens with one attached hydrogen (secondary N) is 2. The molecule has 8 nitrogen and oxygen atoms in total. The number of benzene rings is 1. The molecule has 0 radical (unpaired) electrons. The Morgan fingerprint density at radius 1 is 1.14 bits per heavy atom. The first-order chi connectivity index (χ1) is 13.2. The Morgan fingerprint density at radius 2 is 1.89 bits per heavy atom. The van der Waals surface area contributed by atoms with Gasteiger partial charge in [0.1, 0.15) is 21.4 Å². The summed E-state index contributed by atoms with van der Waals surface area (Å²) in [6.07, 6.45) is 2.44. The van der Waals surface area contributed by atoms with Crippen molar-refractivity contribution in [3.8, 4) is 0 Å². The van der Waals surface area contributed by atoms with Crippen molar-refractivity contribution in [2.45, 2.75) is 18.7 Å². The second-order valence-corrected chi connectivity index (χ2v) is 8.28. The number of aromatic nitrogens is 2. The van der Waals surface area contributed by atoms with Gasteiger partial charge < -0.3 is 9.84 Å². The fraction of sp³-hybridized carbons (Fsp3) is 0.118. The fourth-order valence-corrected chi connectivity index (χ4v) is 3.70. The Bertz CT molecular complexity index is 1160. The third-order valence-corrected chi connectivity index (χ3v) is 5.82. The highest BCUT2D eigenvalue weighted by atomic mass is 35.5. The van der Waals surface area contributed by atoms with Crippen LogP contribution in [0.2, 0.25) is 10.2 Å². The standard InChI is InChI=1S/C17H14Cl2N4O4S/c1-9-5-12(7-20-16(9)19)28(25,26)23-15-6-11(3-4-14(15)18)22-17(24)13-8-21-27-10(13)2/h3-8,23H,1-2H3,(H,22,24). The van der Waals surface area contributed by atoms with Crippen LogP contribution >= 0.6 is 23.2 Å². The molecule has 0 aliphatic rings. The SMILES string of the molecule is Cc1cc(S(=O)(=O)Nc2cc(NC(=O)c3cnoc3C)ccc2Cl)cnc1Cl. The van der Waals surface area contributed by atoms with E-state index in [-0.39, 0.29) is 26.3 Å². The van der Waals surface area contributed by atoms with E-state index in [1.54, 1.807) is 13.8 Å². The van der Waals surface area contributed by atoms with E-state index >= 15 is 0 Å². The van der Waals surface area contributed by atoms with Crippen molar-refractivity contribution in [3.63, 3.8) is 0 Å². The smallest absolute Gasteiger partial charge is 0.263 e. The molecule has 0 bridgehead atoms. The van der Waals surface area contributed by atoms with Crippen molar-refractivity contribution in [1.82, 2.24) is 10.1 Å². The minimum absolute atomic E-state index is 0.0694. The average Bonchev–Trinajstić information content (AvgIpc) is 3.06. The predicted octanol–water partition coefficient (Wildman–Crippen LogP) is 4.05. The van der Waals surface area contributed by atoms with Crippen molar-refractivity contribution in [1.29, 1.82) is 0 Å². The molecule has 3 rings (SSSR count). The molecule has 11 heteroatoms. The number of anilines is 2. The second kappa shape index (κ2) is 7.78. The monoisotopic (exact) mass is 440 g/mol. The lowest BCUT2D eigenvalue weighted by Crippen LogP contribution is -2.15. The molecule has 1 amide bonds. The van der Waals surface area contributed by atoms with E-state index in [2.05, 4.69) is 20.2 Å². The number of hydrogen-bond acceptors (Lipinski definition) is 6. The zero-order valence-corrected chi connectivity index (χ0v) is 17.0. The maximum atomic E-state index is 12.6. The molecular weight excluding hydrogens is 427 g/mol. The maximum Gasteiger partial charge on any atom is 0.263 e. The molecule has 0 unspecified atom stereocenters. The van der Waals surface area contributed by atoms with Crippen LogP contribution in [0.15, 0.2) is 46.1 Å². The van der Waals surface area contributed by atoms with Crippen LogP contribution in [-0.4, -0.2) is 24.5 Å². The maximum absolute atomic E-state index is 12.6. The first kappa shape index (κ1) is 20.1. The summed E-state index contributed by atoms with van der Waals surface area (Å²) in [5.74, 6) is -0.0922. The molecular formula is C17H14Cl2N4O4S. The molecule has 0 atom stereocenters. The van der Waals surface area contributed by atoms with Crippen LogP contribution in [0.1, 0.15) is 21.7 Å². The van der Waals surface area contributed by atoms with Crippen LogP contribution in [0.25, 0.3) is 0 Å². The molecule has 0 spiro atoms. The number of sulfonamides is 1. The van der Waals surface area contributed by atoms with Crippen molar-refractivity contribution < 1.29 is 17.7 Å². The minimum Gasteiger partial charge on any atom is -0.361 e. The first-order valence-corrected chi connectivity index (χ1v) is 10.1. The molecule has 0 aliphatic carbocycles. The molecule has 0 saturated carbocycles. The van der Waals surface area contributed by atoms with Gasteiger partial charge in [-0.15, -0.1) is 0 Å². The number of rotatable bonds is 5. The summed E-state index contributed by atoms with van der Waals surface area (Å²) >= 11 is 11.9. The van der Waals surface area contributed by atoms with Crippen LogP contribution < -0.4 is 10.0 Å². The molecule has 0 saturated heterocycles. The van der Waals surface area contributed by atoms with Gasteiger partial charge >= 0.3 is 0 Å². The van der Waals surface area contributed by atoms with E-state index in [1.165, 1.54) is 30.5 Å². The number of aryl methyl sites for hydroxylation is 2. The summed E-state index contributed by atoms with van der Waals surface area (Å²) in [6.45, 7) is 3.25. The number of hydrogen-bond donors (Lipinski definition) is 2. The van der Waals surface area contributed by atoms with E-state index < -0.39 is 15.9 Å². The molecule has 1 aromatic carbocycles. The van der Waals surface area contributed by atoms with Gasteiger partial charge in [-0.05, 0) is 43.7 Å². The Kier molecular flexibility index (Phi) is 5.59. The summed E-state index contributed by atoms with van der Waals surface area (Å²) in [6, 6.07) is 5.79. The summed E-state index contributed by atoms with van der Waals surface area (Å²) in [7, 11) is -3.96. The summed E-state index contributed by atoms with van der Waals surface area (Å²) in [5, 5.41) is 6.55. The van der Waals surface area contributed by atoms with E-state index in [0.717, 1.165) is 6.20 Å². The Hall–Kier alpha value is -2.62. The normalized spacial score (nSPS) is 11.3. The van der Waals surface area contributed by atoms with Crippen LogP contribution in [0.3, 0.4) is 0 Å². The number of carbonyl (C=O) groups excluding carboxylic acids is 1. The van der Waals surface area contributed by atoms with Crippen LogP contribution in [0.5, 0.6) is 0 Å². The molecule has 2 heterocycles. The number of nitrogens with zero attached hydrogens (tertiary/aromatic N) is 2. The van der Waals surface area contributed by atoms with Gasteiger partial charge in [0, 0.05) is 11.9 Å². The first-order valence-electron chi connectivity index (χ1n) is 7.84. The van der Waals surface area contributed by atoms with Gasteiger partial charge in [0.15, 0.2) is 0 Å². The van der Waals surface area contributed by atoms with Gasteiger partial charge in [-0.3, -0.25) is 9.52 Å². The lowest BCUT2D eigenvalue weighted by atomic mass is 10.2. The topological polar surface area (TPSA) is 114 Å². The number of amides is 1. The molecule has 0 fully saturated rings.